The van der Waals surface area contributed by atoms with Crippen LogP contribution in [0.15, 0.2) is 0 Å². The first-order chi connectivity index (χ1) is 14.3. The molecule has 0 aromatic heterocycles. The standard InChI is InChI=1S/C23H48N2O4/c1-4-7-9-11-14-24-23(26)25(15-12-10-8-5-2)16-13-18-28-20-22-29-21-19-27-17-6-3/h4-22H2,1-3H3,(H,24,26). The first kappa shape index (κ1) is 28.1. The summed E-state index contributed by atoms with van der Waals surface area (Å²) in [5, 5.41) is 3.09. The Hall–Kier alpha value is -0.850. The monoisotopic (exact) mass is 416 g/mol. The van der Waals surface area contributed by atoms with Gasteiger partial charge in [-0.15, -0.1) is 0 Å². The van der Waals surface area contributed by atoms with Crippen molar-refractivity contribution in [1.29, 1.82) is 0 Å². The minimum Gasteiger partial charge on any atom is -0.379 e. The minimum atomic E-state index is 0.0772. The molecule has 0 fully saturated rings. The van der Waals surface area contributed by atoms with Gasteiger partial charge >= 0.3 is 6.03 Å². The van der Waals surface area contributed by atoms with Crippen LogP contribution in [0, 0.1) is 0 Å². The predicted octanol–water partition coefficient (Wildman–Crippen LogP) is 5.01. The number of unbranched alkanes of at least 4 members (excludes halogenated alkanes) is 6. The maximum Gasteiger partial charge on any atom is 0.317 e. The summed E-state index contributed by atoms with van der Waals surface area (Å²) in [6.45, 7) is 12.8. The minimum absolute atomic E-state index is 0.0772. The number of urea groups is 1. The molecular formula is C23H48N2O4. The molecule has 0 heterocycles. The molecule has 0 aromatic rings. The molecule has 29 heavy (non-hydrogen) atoms. The van der Waals surface area contributed by atoms with E-state index >= 15 is 0 Å². The van der Waals surface area contributed by atoms with Gasteiger partial charge in [0, 0.05) is 32.8 Å². The van der Waals surface area contributed by atoms with E-state index in [1.807, 2.05) is 4.90 Å². The number of carbonyl (C=O) groups excluding carboxylic acids is 1. The lowest BCUT2D eigenvalue weighted by atomic mass is 10.2. The second kappa shape index (κ2) is 23.4. The molecule has 6 nitrogen and oxygen atoms in total. The average molecular weight is 417 g/mol. The number of nitrogens with zero attached hydrogens (tertiary/aromatic N) is 1. The number of hydrogen-bond acceptors (Lipinski definition) is 4. The van der Waals surface area contributed by atoms with Crippen molar-refractivity contribution in [2.75, 3.05) is 59.3 Å². The highest BCUT2D eigenvalue weighted by atomic mass is 16.5. The molecule has 0 bridgehead atoms. The third-order valence-electron chi connectivity index (χ3n) is 4.68. The zero-order valence-electron chi connectivity index (χ0n) is 19.5. The van der Waals surface area contributed by atoms with E-state index in [-0.39, 0.29) is 6.03 Å². The summed E-state index contributed by atoms with van der Waals surface area (Å²) in [7, 11) is 0. The van der Waals surface area contributed by atoms with Gasteiger partial charge in [0.05, 0.1) is 26.4 Å². The van der Waals surface area contributed by atoms with Crippen LogP contribution in [0.1, 0.15) is 85.0 Å². The van der Waals surface area contributed by atoms with Crippen molar-refractivity contribution in [2.45, 2.75) is 85.0 Å². The quantitative estimate of drug-likeness (QED) is 0.252. The van der Waals surface area contributed by atoms with Crippen LogP contribution in [0.25, 0.3) is 0 Å². The van der Waals surface area contributed by atoms with Gasteiger partial charge in [-0.05, 0) is 25.7 Å². The van der Waals surface area contributed by atoms with Crippen LogP contribution in [0.4, 0.5) is 4.79 Å². The smallest absolute Gasteiger partial charge is 0.317 e. The second-order valence-electron chi connectivity index (χ2n) is 7.53. The zero-order chi connectivity index (χ0) is 21.4. The Bertz CT molecular complexity index is 343. The number of amides is 2. The Morgan fingerprint density at radius 3 is 1.79 bits per heavy atom. The predicted molar refractivity (Wildman–Crippen MR) is 121 cm³/mol. The van der Waals surface area contributed by atoms with E-state index in [1.165, 1.54) is 38.5 Å². The van der Waals surface area contributed by atoms with E-state index in [9.17, 15) is 4.79 Å². The van der Waals surface area contributed by atoms with Crippen molar-refractivity contribution in [1.82, 2.24) is 10.2 Å². The lowest BCUT2D eigenvalue weighted by Gasteiger charge is -2.23. The Morgan fingerprint density at radius 1 is 0.621 bits per heavy atom. The molecule has 174 valence electrons. The summed E-state index contributed by atoms with van der Waals surface area (Å²) in [4.78, 5) is 14.5. The number of rotatable bonds is 22. The van der Waals surface area contributed by atoms with Gasteiger partial charge in [0.2, 0.25) is 0 Å². The molecule has 0 atom stereocenters. The number of nitrogens with one attached hydrogen (secondary N) is 1. The highest BCUT2D eigenvalue weighted by Gasteiger charge is 2.12. The molecule has 1 N–H and O–H groups in total. The van der Waals surface area contributed by atoms with Crippen LogP contribution in [0.5, 0.6) is 0 Å². The van der Waals surface area contributed by atoms with Crippen molar-refractivity contribution in [3.63, 3.8) is 0 Å². The summed E-state index contributed by atoms with van der Waals surface area (Å²) in [6.07, 6.45) is 11.3. The molecule has 0 saturated heterocycles. The SMILES string of the molecule is CCCCCCNC(=O)N(CCCCCC)CCCOCCOCCOCCC. The van der Waals surface area contributed by atoms with Gasteiger partial charge in [0.25, 0.3) is 0 Å². The molecule has 0 aliphatic carbocycles. The van der Waals surface area contributed by atoms with Crippen molar-refractivity contribution in [2.24, 2.45) is 0 Å². The second-order valence-corrected chi connectivity index (χ2v) is 7.53. The topological polar surface area (TPSA) is 60.0 Å². The fraction of sp³-hybridized carbons (Fsp3) is 0.957. The van der Waals surface area contributed by atoms with Gasteiger partial charge < -0.3 is 24.4 Å². The normalized spacial score (nSPS) is 11.0. The van der Waals surface area contributed by atoms with E-state index in [4.69, 9.17) is 14.2 Å². The maximum atomic E-state index is 12.5. The van der Waals surface area contributed by atoms with Crippen molar-refractivity contribution >= 4 is 6.03 Å². The van der Waals surface area contributed by atoms with Gasteiger partial charge in [-0.25, -0.2) is 4.79 Å². The number of hydrogen-bond donors (Lipinski definition) is 1. The van der Waals surface area contributed by atoms with Gasteiger partial charge in [0.15, 0.2) is 0 Å². The Kier molecular flexibility index (Phi) is 22.7. The largest absolute Gasteiger partial charge is 0.379 e. The summed E-state index contributed by atoms with van der Waals surface area (Å²) >= 11 is 0. The maximum absolute atomic E-state index is 12.5. The van der Waals surface area contributed by atoms with Crippen LogP contribution in [-0.4, -0.2) is 70.2 Å². The lowest BCUT2D eigenvalue weighted by Crippen LogP contribution is -2.41. The van der Waals surface area contributed by atoms with Crippen molar-refractivity contribution < 1.29 is 19.0 Å². The van der Waals surface area contributed by atoms with E-state index in [1.54, 1.807) is 0 Å². The van der Waals surface area contributed by atoms with Crippen LogP contribution in [0.3, 0.4) is 0 Å². The molecule has 0 aromatic carbocycles. The van der Waals surface area contributed by atoms with Crippen LogP contribution in [0.2, 0.25) is 0 Å². The molecule has 0 aliphatic rings. The molecule has 0 radical (unpaired) electrons. The average Bonchev–Trinajstić information content (AvgIpc) is 2.73. The van der Waals surface area contributed by atoms with E-state index in [0.29, 0.717) is 33.0 Å². The summed E-state index contributed by atoms with van der Waals surface area (Å²) < 4.78 is 16.5. The molecule has 0 spiro atoms. The molecular weight excluding hydrogens is 368 g/mol. The van der Waals surface area contributed by atoms with Gasteiger partial charge in [-0.3, -0.25) is 0 Å². The molecule has 0 unspecified atom stereocenters. The zero-order valence-corrected chi connectivity index (χ0v) is 19.5. The Morgan fingerprint density at radius 2 is 1.17 bits per heavy atom. The Balaban J connectivity index is 3.85. The summed E-state index contributed by atoms with van der Waals surface area (Å²) in [6, 6.07) is 0.0772. The highest BCUT2D eigenvalue weighted by molar-refractivity contribution is 5.74. The molecule has 0 rings (SSSR count). The van der Waals surface area contributed by atoms with E-state index in [0.717, 1.165) is 51.9 Å². The molecule has 6 heteroatoms. The third kappa shape index (κ3) is 20.2. The van der Waals surface area contributed by atoms with Gasteiger partial charge in [-0.2, -0.15) is 0 Å². The van der Waals surface area contributed by atoms with Gasteiger partial charge in [0.1, 0.15) is 0 Å². The van der Waals surface area contributed by atoms with Crippen LogP contribution in [-0.2, 0) is 14.2 Å². The first-order valence-electron chi connectivity index (χ1n) is 12.0. The molecule has 0 aliphatic heterocycles. The summed E-state index contributed by atoms with van der Waals surface area (Å²) in [5.41, 5.74) is 0. The van der Waals surface area contributed by atoms with Crippen molar-refractivity contribution in [3.05, 3.63) is 0 Å². The highest BCUT2D eigenvalue weighted by Crippen LogP contribution is 2.04. The van der Waals surface area contributed by atoms with Crippen molar-refractivity contribution in [3.8, 4) is 0 Å². The lowest BCUT2D eigenvalue weighted by molar-refractivity contribution is 0.0135. The van der Waals surface area contributed by atoms with Gasteiger partial charge in [-0.1, -0.05) is 59.3 Å². The van der Waals surface area contributed by atoms with Crippen LogP contribution < -0.4 is 5.32 Å². The molecule has 0 saturated carbocycles. The number of carbonyl (C=O) groups is 1. The fourth-order valence-electron chi connectivity index (χ4n) is 2.95. The summed E-state index contributed by atoms with van der Waals surface area (Å²) in [5.74, 6) is 0. The van der Waals surface area contributed by atoms with Crippen LogP contribution >= 0.6 is 0 Å². The fourth-order valence-corrected chi connectivity index (χ4v) is 2.95. The van der Waals surface area contributed by atoms with E-state index < -0.39 is 0 Å². The Labute approximate surface area is 180 Å². The molecule has 2 amide bonds. The first-order valence-corrected chi connectivity index (χ1v) is 12.0. The van der Waals surface area contributed by atoms with E-state index in [2.05, 4.69) is 26.1 Å². The number of ether oxygens (including phenoxy) is 3. The third-order valence-corrected chi connectivity index (χ3v) is 4.68.